The Balaban J connectivity index is 2.47. The second kappa shape index (κ2) is 7.56. The number of hydrogen-bond acceptors (Lipinski definition) is 1. The van der Waals surface area contributed by atoms with Gasteiger partial charge in [0.15, 0.2) is 0 Å². The maximum atomic E-state index is 13.0. The summed E-state index contributed by atoms with van der Waals surface area (Å²) in [5.74, 6) is -0.104. The van der Waals surface area contributed by atoms with Gasteiger partial charge in [0.1, 0.15) is 5.69 Å². The van der Waals surface area contributed by atoms with Crippen LogP contribution in [0.25, 0.3) is 0 Å². The number of hydrogen-bond donors (Lipinski definition) is 0. The van der Waals surface area contributed by atoms with E-state index in [4.69, 9.17) is 0 Å². The predicted molar refractivity (Wildman–Crippen MR) is 96.4 cm³/mol. The van der Waals surface area contributed by atoms with Crippen LogP contribution >= 0.6 is 0 Å². The van der Waals surface area contributed by atoms with Crippen LogP contribution in [-0.4, -0.2) is 29.0 Å². The van der Waals surface area contributed by atoms with Crippen LogP contribution in [0.4, 0.5) is 13.2 Å². The molecule has 1 aromatic heterocycles. The van der Waals surface area contributed by atoms with Crippen molar-refractivity contribution in [1.82, 2.24) is 9.47 Å². The number of carbonyl (C=O) groups excluding carboxylic acids is 1. The highest BCUT2D eigenvalue weighted by Gasteiger charge is 2.30. The van der Waals surface area contributed by atoms with Gasteiger partial charge in [-0.2, -0.15) is 13.2 Å². The van der Waals surface area contributed by atoms with Crippen molar-refractivity contribution in [3.8, 4) is 0 Å². The fraction of sp³-hybridized carbons (Fsp3) is 0.450. The Bertz CT molecular complexity index is 806. The normalized spacial score (nSPS) is 11.7. The van der Waals surface area contributed by atoms with E-state index in [1.165, 1.54) is 6.07 Å². The molecular weight excluding hydrogens is 341 g/mol. The van der Waals surface area contributed by atoms with E-state index in [1.807, 2.05) is 32.3 Å². The average Bonchev–Trinajstić information content (AvgIpc) is 2.78. The third kappa shape index (κ3) is 3.94. The molecule has 0 bridgehead atoms. The number of rotatable bonds is 5. The quantitative estimate of drug-likeness (QED) is 0.734. The minimum atomic E-state index is -4.38. The molecule has 0 saturated carbocycles. The Hall–Kier alpha value is -2.24. The van der Waals surface area contributed by atoms with Gasteiger partial charge in [-0.15, -0.1) is 0 Å². The molecule has 2 rings (SSSR count). The lowest BCUT2D eigenvalue weighted by molar-refractivity contribution is -0.137. The molecule has 0 fully saturated rings. The Labute approximate surface area is 152 Å². The van der Waals surface area contributed by atoms with Gasteiger partial charge in [0, 0.05) is 25.8 Å². The molecule has 1 aromatic carbocycles. The summed E-state index contributed by atoms with van der Waals surface area (Å²) < 4.78 is 40.8. The summed E-state index contributed by atoms with van der Waals surface area (Å²) >= 11 is 0. The van der Waals surface area contributed by atoms with Gasteiger partial charge >= 0.3 is 6.18 Å². The van der Waals surface area contributed by atoms with Gasteiger partial charge in [-0.25, -0.2) is 0 Å². The minimum absolute atomic E-state index is 0.104. The first-order chi connectivity index (χ1) is 12.1. The molecule has 0 radical (unpaired) electrons. The molecule has 0 atom stereocenters. The molecule has 0 saturated heterocycles. The highest BCUT2D eigenvalue weighted by atomic mass is 19.4. The SMILES string of the molecule is CCCN(C)C(=O)c1c(C)c(C)c(C)n1Cc1cccc(C(F)(F)F)c1. The maximum absolute atomic E-state index is 13.0. The number of amides is 1. The van der Waals surface area contributed by atoms with Crippen molar-refractivity contribution >= 4 is 5.91 Å². The highest BCUT2D eigenvalue weighted by Crippen LogP contribution is 2.30. The maximum Gasteiger partial charge on any atom is 0.416 e. The minimum Gasteiger partial charge on any atom is -0.340 e. The largest absolute Gasteiger partial charge is 0.416 e. The van der Waals surface area contributed by atoms with Gasteiger partial charge in [0.2, 0.25) is 0 Å². The summed E-state index contributed by atoms with van der Waals surface area (Å²) in [6, 6.07) is 5.27. The second-order valence-electron chi connectivity index (χ2n) is 6.70. The third-order valence-corrected chi connectivity index (χ3v) is 4.84. The fourth-order valence-corrected chi connectivity index (χ4v) is 3.14. The summed E-state index contributed by atoms with van der Waals surface area (Å²) in [6.07, 6.45) is -3.54. The summed E-state index contributed by atoms with van der Waals surface area (Å²) in [4.78, 5) is 14.5. The fourth-order valence-electron chi connectivity index (χ4n) is 3.14. The molecule has 142 valence electrons. The topological polar surface area (TPSA) is 25.2 Å². The van der Waals surface area contributed by atoms with Gasteiger partial charge in [0.25, 0.3) is 5.91 Å². The molecule has 1 amide bonds. The van der Waals surface area contributed by atoms with Gasteiger partial charge in [-0.05, 0) is 56.0 Å². The van der Waals surface area contributed by atoms with E-state index < -0.39 is 11.7 Å². The van der Waals surface area contributed by atoms with E-state index in [9.17, 15) is 18.0 Å². The second-order valence-corrected chi connectivity index (χ2v) is 6.70. The molecular formula is C20H25F3N2O. The molecule has 3 nitrogen and oxygen atoms in total. The summed E-state index contributed by atoms with van der Waals surface area (Å²) in [7, 11) is 1.75. The van der Waals surface area contributed by atoms with Crippen molar-refractivity contribution in [2.24, 2.45) is 0 Å². The van der Waals surface area contributed by atoms with E-state index in [1.54, 1.807) is 18.0 Å². The van der Waals surface area contributed by atoms with Crippen molar-refractivity contribution in [3.05, 3.63) is 57.9 Å². The highest BCUT2D eigenvalue weighted by molar-refractivity contribution is 5.94. The van der Waals surface area contributed by atoms with Crippen molar-refractivity contribution in [2.75, 3.05) is 13.6 Å². The molecule has 0 N–H and O–H groups in total. The van der Waals surface area contributed by atoms with Crippen molar-refractivity contribution in [3.63, 3.8) is 0 Å². The Morgan fingerprint density at radius 1 is 1.15 bits per heavy atom. The Morgan fingerprint density at radius 2 is 1.81 bits per heavy atom. The number of aromatic nitrogens is 1. The van der Waals surface area contributed by atoms with Crippen molar-refractivity contribution < 1.29 is 18.0 Å². The zero-order valence-corrected chi connectivity index (χ0v) is 15.9. The molecule has 0 spiro atoms. The van der Waals surface area contributed by atoms with Crippen LogP contribution in [0.1, 0.15) is 51.8 Å². The molecule has 0 aliphatic carbocycles. The number of carbonyl (C=O) groups is 1. The smallest absolute Gasteiger partial charge is 0.340 e. The lowest BCUT2D eigenvalue weighted by Crippen LogP contribution is -2.30. The number of halogens is 3. The van der Waals surface area contributed by atoms with Crippen LogP contribution in [0.5, 0.6) is 0 Å². The molecule has 0 aliphatic rings. The first-order valence-corrected chi connectivity index (χ1v) is 8.65. The molecule has 0 unspecified atom stereocenters. The van der Waals surface area contributed by atoms with Gasteiger partial charge in [-0.1, -0.05) is 19.1 Å². The van der Waals surface area contributed by atoms with Gasteiger partial charge in [-0.3, -0.25) is 4.79 Å². The first-order valence-electron chi connectivity index (χ1n) is 8.65. The summed E-state index contributed by atoms with van der Waals surface area (Å²) in [6.45, 7) is 8.57. The average molecular weight is 366 g/mol. The number of alkyl halides is 3. The van der Waals surface area contributed by atoms with Gasteiger partial charge in [0.05, 0.1) is 5.56 Å². The van der Waals surface area contributed by atoms with Crippen molar-refractivity contribution in [1.29, 1.82) is 0 Å². The molecule has 6 heteroatoms. The lowest BCUT2D eigenvalue weighted by Gasteiger charge is -2.19. The van der Waals surface area contributed by atoms with Gasteiger partial charge < -0.3 is 9.47 Å². The lowest BCUT2D eigenvalue weighted by atomic mass is 10.1. The Morgan fingerprint density at radius 3 is 2.38 bits per heavy atom. The van der Waals surface area contributed by atoms with Crippen LogP contribution in [0, 0.1) is 20.8 Å². The summed E-state index contributed by atoms with van der Waals surface area (Å²) in [5.41, 5.74) is 3.16. The Kier molecular flexibility index (Phi) is 5.84. The van der Waals surface area contributed by atoms with Crippen LogP contribution in [-0.2, 0) is 12.7 Å². The van der Waals surface area contributed by atoms with E-state index >= 15 is 0 Å². The standard InChI is InChI=1S/C20H25F3N2O/c1-6-10-24(5)19(26)18-14(3)13(2)15(4)25(18)12-16-8-7-9-17(11-16)20(21,22)23/h7-9,11H,6,10,12H2,1-5H3. The first kappa shape index (κ1) is 20.1. The van der Waals surface area contributed by atoms with Crippen LogP contribution in [0.15, 0.2) is 24.3 Å². The third-order valence-electron chi connectivity index (χ3n) is 4.84. The molecule has 26 heavy (non-hydrogen) atoms. The number of benzene rings is 1. The predicted octanol–water partition coefficient (Wildman–Crippen LogP) is 4.96. The van der Waals surface area contributed by atoms with Crippen LogP contribution < -0.4 is 0 Å². The monoisotopic (exact) mass is 366 g/mol. The number of nitrogens with zero attached hydrogens (tertiary/aromatic N) is 2. The molecule has 1 heterocycles. The zero-order valence-electron chi connectivity index (χ0n) is 15.9. The van der Waals surface area contributed by atoms with Crippen LogP contribution in [0.2, 0.25) is 0 Å². The van der Waals surface area contributed by atoms with E-state index in [-0.39, 0.29) is 12.5 Å². The zero-order chi connectivity index (χ0) is 19.6. The molecule has 2 aromatic rings. The van der Waals surface area contributed by atoms with E-state index in [0.717, 1.165) is 35.4 Å². The molecule has 0 aliphatic heterocycles. The van der Waals surface area contributed by atoms with Crippen molar-refractivity contribution in [2.45, 2.75) is 46.8 Å². The summed E-state index contributed by atoms with van der Waals surface area (Å²) in [5, 5.41) is 0. The van der Waals surface area contributed by atoms with E-state index in [2.05, 4.69) is 0 Å². The van der Waals surface area contributed by atoms with Crippen LogP contribution in [0.3, 0.4) is 0 Å². The van der Waals surface area contributed by atoms with E-state index in [0.29, 0.717) is 17.8 Å².